The van der Waals surface area contributed by atoms with Crippen molar-refractivity contribution in [3.05, 3.63) is 157 Å². The van der Waals surface area contributed by atoms with E-state index in [2.05, 4.69) is 159 Å². The van der Waals surface area contributed by atoms with Gasteiger partial charge in [-0.15, -0.1) is 11.3 Å². The highest BCUT2D eigenvalue weighted by molar-refractivity contribution is 7.25. The van der Waals surface area contributed by atoms with Crippen LogP contribution in [-0.2, 0) is 0 Å². The summed E-state index contributed by atoms with van der Waals surface area (Å²) in [6, 6.07) is 48.2. The summed E-state index contributed by atoms with van der Waals surface area (Å²) >= 11 is 1.86. The number of nitrogens with zero attached hydrogens (tertiary/aromatic N) is 1. The Hall–Kier alpha value is -5.38. The van der Waals surface area contributed by atoms with E-state index in [1.54, 1.807) is 0 Å². The van der Waals surface area contributed by atoms with Gasteiger partial charge in [0.2, 0.25) is 0 Å². The summed E-state index contributed by atoms with van der Waals surface area (Å²) in [7, 11) is 0. The van der Waals surface area contributed by atoms with E-state index >= 15 is 0 Å². The van der Waals surface area contributed by atoms with Crippen molar-refractivity contribution in [1.29, 1.82) is 0 Å². The van der Waals surface area contributed by atoms with Crippen LogP contribution in [0.3, 0.4) is 0 Å². The maximum atomic E-state index is 6.10. The van der Waals surface area contributed by atoms with Gasteiger partial charge in [0.05, 0.1) is 5.69 Å². The lowest BCUT2D eigenvalue weighted by atomic mass is 9.98. The number of hydrogen-bond acceptors (Lipinski definition) is 3. The third kappa shape index (κ3) is 5.14. The fourth-order valence-electron chi connectivity index (χ4n) is 6.69. The summed E-state index contributed by atoms with van der Waals surface area (Å²) < 4.78 is 8.74. The van der Waals surface area contributed by atoms with Crippen LogP contribution in [0.5, 0.6) is 0 Å². The van der Waals surface area contributed by atoms with E-state index in [-0.39, 0.29) is 0 Å². The largest absolute Gasteiger partial charge is 0.456 e. The first kappa shape index (κ1) is 29.1. The van der Waals surface area contributed by atoms with Crippen LogP contribution in [0.15, 0.2) is 161 Å². The third-order valence-corrected chi connectivity index (χ3v) is 10.3. The zero-order chi connectivity index (χ0) is 31.9. The summed E-state index contributed by atoms with van der Waals surface area (Å²) in [6.07, 6.45) is 5.48. The fraction of sp³-hybridized carbons (Fsp3) is 0.0909. The van der Waals surface area contributed by atoms with Crippen molar-refractivity contribution < 1.29 is 4.42 Å². The SMILES string of the molecule is C/C=C(C)\C(=C/CC)N(c1ccc(-c2ccc3oc4ccccc4c3c2)cc1)c1ccccc1-c1ccc2sc3ccccc3c2c1. The van der Waals surface area contributed by atoms with Gasteiger partial charge in [0, 0.05) is 47.9 Å². The van der Waals surface area contributed by atoms with Gasteiger partial charge >= 0.3 is 0 Å². The topological polar surface area (TPSA) is 16.4 Å². The number of para-hydroxylation sites is 2. The Morgan fingerprint density at radius 2 is 1.30 bits per heavy atom. The number of anilines is 2. The molecule has 2 aromatic heterocycles. The number of rotatable bonds is 7. The van der Waals surface area contributed by atoms with Gasteiger partial charge in [-0.25, -0.2) is 0 Å². The van der Waals surface area contributed by atoms with E-state index in [1.807, 2.05) is 23.5 Å². The average molecular weight is 626 g/mol. The number of fused-ring (bicyclic) bond motifs is 6. The normalized spacial score (nSPS) is 12.5. The van der Waals surface area contributed by atoms with Crippen LogP contribution < -0.4 is 4.90 Å². The molecule has 0 aliphatic rings. The molecule has 0 radical (unpaired) electrons. The van der Waals surface area contributed by atoms with Gasteiger partial charge in [-0.2, -0.15) is 0 Å². The van der Waals surface area contributed by atoms with Crippen molar-refractivity contribution in [1.82, 2.24) is 0 Å². The molecule has 0 atom stereocenters. The highest BCUT2D eigenvalue weighted by atomic mass is 32.1. The molecule has 0 saturated carbocycles. The van der Waals surface area contributed by atoms with Gasteiger partial charge in [0.15, 0.2) is 0 Å². The first-order valence-electron chi connectivity index (χ1n) is 16.3. The molecule has 6 aromatic carbocycles. The number of furan rings is 1. The van der Waals surface area contributed by atoms with Gasteiger partial charge in [-0.05, 0) is 97.1 Å². The number of allylic oxidation sites excluding steroid dienone is 3. The molecule has 228 valence electrons. The van der Waals surface area contributed by atoms with E-state index in [4.69, 9.17) is 4.42 Å². The average Bonchev–Trinajstić information content (AvgIpc) is 3.69. The first-order valence-corrected chi connectivity index (χ1v) is 17.1. The summed E-state index contributed by atoms with van der Waals surface area (Å²) in [6.45, 7) is 6.54. The zero-order valence-electron chi connectivity index (χ0n) is 26.8. The molecule has 0 saturated heterocycles. The Labute approximate surface area is 279 Å². The highest BCUT2D eigenvalue weighted by Gasteiger charge is 2.20. The minimum absolute atomic E-state index is 0.916. The van der Waals surface area contributed by atoms with Crippen LogP contribution in [0.2, 0.25) is 0 Å². The second-order valence-corrected chi connectivity index (χ2v) is 13.1. The van der Waals surface area contributed by atoms with Gasteiger partial charge < -0.3 is 9.32 Å². The summed E-state index contributed by atoms with van der Waals surface area (Å²) in [5.74, 6) is 0. The van der Waals surface area contributed by atoms with Crippen LogP contribution in [0, 0.1) is 0 Å². The van der Waals surface area contributed by atoms with Crippen molar-refractivity contribution in [2.75, 3.05) is 4.90 Å². The molecule has 8 aromatic rings. The van der Waals surface area contributed by atoms with Crippen molar-refractivity contribution in [3.63, 3.8) is 0 Å². The molecular weight excluding hydrogens is 591 g/mol. The minimum atomic E-state index is 0.916. The molecule has 8 rings (SSSR count). The van der Waals surface area contributed by atoms with Crippen molar-refractivity contribution in [2.24, 2.45) is 0 Å². The zero-order valence-corrected chi connectivity index (χ0v) is 27.6. The van der Waals surface area contributed by atoms with E-state index in [1.165, 1.54) is 53.7 Å². The molecule has 2 nitrogen and oxygen atoms in total. The molecule has 0 fully saturated rings. The van der Waals surface area contributed by atoms with Crippen LogP contribution in [0.25, 0.3) is 64.4 Å². The van der Waals surface area contributed by atoms with Gasteiger partial charge in [0.25, 0.3) is 0 Å². The molecule has 47 heavy (non-hydrogen) atoms. The van der Waals surface area contributed by atoms with Crippen molar-refractivity contribution in [3.8, 4) is 22.3 Å². The molecule has 0 bridgehead atoms. The van der Waals surface area contributed by atoms with Crippen LogP contribution >= 0.6 is 11.3 Å². The predicted molar refractivity (Wildman–Crippen MR) is 204 cm³/mol. The molecular formula is C44H35NOS. The monoisotopic (exact) mass is 625 g/mol. The molecule has 0 amide bonds. The Morgan fingerprint density at radius 3 is 2.13 bits per heavy atom. The number of benzene rings is 6. The maximum absolute atomic E-state index is 6.10. The Balaban J connectivity index is 1.26. The number of thiophene rings is 1. The van der Waals surface area contributed by atoms with Crippen LogP contribution in [-0.4, -0.2) is 0 Å². The fourth-order valence-corrected chi connectivity index (χ4v) is 7.78. The summed E-state index contributed by atoms with van der Waals surface area (Å²) in [4.78, 5) is 2.43. The Kier molecular flexibility index (Phi) is 7.47. The van der Waals surface area contributed by atoms with Crippen LogP contribution in [0.4, 0.5) is 11.4 Å². The van der Waals surface area contributed by atoms with Crippen LogP contribution in [0.1, 0.15) is 27.2 Å². The lowest BCUT2D eigenvalue weighted by Gasteiger charge is -2.31. The summed E-state index contributed by atoms with van der Waals surface area (Å²) in [5, 5.41) is 4.92. The standard InChI is InChI=1S/C44H35NOS/c1-4-12-39(29(3)5-2)45(33-23-19-30(20-24-33)31-21-25-42-37(27-31)35-14-7-10-17-41(35)46-42)40-16-9-6-13-34(40)32-22-26-44-38(28-32)36-15-8-11-18-43(36)47-44/h5-28H,4H2,1-3H3/b29-5-,39-12+. The second kappa shape index (κ2) is 12.1. The van der Waals surface area contributed by atoms with E-state index in [0.717, 1.165) is 39.7 Å². The maximum Gasteiger partial charge on any atom is 0.135 e. The first-order chi connectivity index (χ1) is 23.1. The quantitative estimate of drug-likeness (QED) is 0.164. The lowest BCUT2D eigenvalue weighted by molar-refractivity contribution is 0.669. The van der Waals surface area contributed by atoms with Gasteiger partial charge in [0.1, 0.15) is 11.2 Å². The third-order valence-electron chi connectivity index (χ3n) is 9.14. The molecule has 0 N–H and O–H groups in total. The Bertz CT molecular complexity index is 2470. The summed E-state index contributed by atoms with van der Waals surface area (Å²) in [5.41, 5.74) is 11.3. The molecule has 0 unspecified atom stereocenters. The molecule has 2 heterocycles. The van der Waals surface area contributed by atoms with E-state index < -0.39 is 0 Å². The minimum Gasteiger partial charge on any atom is -0.456 e. The highest BCUT2D eigenvalue weighted by Crippen LogP contribution is 2.43. The molecule has 3 heteroatoms. The predicted octanol–water partition coefficient (Wildman–Crippen LogP) is 13.7. The Morgan fingerprint density at radius 1 is 0.638 bits per heavy atom. The lowest BCUT2D eigenvalue weighted by Crippen LogP contribution is -2.18. The number of hydrogen-bond donors (Lipinski definition) is 0. The van der Waals surface area contributed by atoms with Crippen molar-refractivity contribution >= 4 is 64.8 Å². The van der Waals surface area contributed by atoms with Gasteiger partial charge in [-0.3, -0.25) is 0 Å². The molecule has 0 aliphatic carbocycles. The van der Waals surface area contributed by atoms with E-state index in [0.29, 0.717) is 0 Å². The van der Waals surface area contributed by atoms with Gasteiger partial charge in [-0.1, -0.05) is 97.9 Å². The van der Waals surface area contributed by atoms with Crippen molar-refractivity contribution in [2.45, 2.75) is 27.2 Å². The smallest absolute Gasteiger partial charge is 0.135 e. The molecule has 0 spiro atoms. The second-order valence-electron chi connectivity index (χ2n) is 12.0. The van der Waals surface area contributed by atoms with E-state index in [9.17, 15) is 0 Å². The molecule has 0 aliphatic heterocycles.